The highest BCUT2D eigenvalue weighted by atomic mass is 35.5. The Hall–Kier alpha value is -0.770. The molecule has 1 unspecified atom stereocenters. The van der Waals surface area contributed by atoms with Crippen molar-refractivity contribution in [3.05, 3.63) is 33.8 Å². The van der Waals surface area contributed by atoms with E-state index in [1.165, 1.54) is 0 Å². The fourth-order valence-corrected chi connectivity index (χ4v) is 2.60. The van der Waals surface area contributed by atoms with Gasteiger partial charge in [-0.3, -0.25) is 4.79 Å². The standard InChI is InChI=1S/C14H18Cl2N2O/c1-14(5-2-6-17-8-14)9-18-13(19)10-3-4-11(15)12(16)7-10/h3-4,7,17H,2,5-6,8-9H2,1H3,(H,18,19). The molecule has 1 heterocycles. The van der Waals surface area contributed by atoms with Crippen LogP contribution in [0.4, 0.5) is 0 Å². The highest BCUT2D eigenvalue weighted by Gasteiger charge is 2.27. The Bertz CT molecular complexity index is 471. The second kappa shape index (κ2) is 6.12. The van der Waals surface area contributed by atoms with E-state index in [1.54, 1.807) is 18.2 Å². The first-order valence-corrected chi connectivity index (χ1v) is 7.20. The molecule has 0 bridgehead atoms. The largest absolute Gasteiger partial charge is 0.351 e. The number of carbonyl (C=O) groups is 1. The second-order valence-corrected chi connectivity index (χ2v) is 6.22. The van der Waals surface area contributed by atoms with Gasteiger partial charge in [0.25, 0.3) is 5.91 Å². The number of benzene rings is 1. The van der Waals surface area contributed by atoms with Crippen LogP contribution in [-0.2, 0) is 0 Å². The van der Waals surface area contributed by atoms with Crippen LogP contribution >= 0.6 is 23.2 Å². The molecule has 1 saturated heterocycles. The van der Waals surface area contributed by atoms with E-state index in [0.29, 0.717) is 22.2 Å². The molecule has 19 heavy (non-hydrogen) atoms. The number of hydrogen-bond donors (Lipinski definition) is 2. The van der Waals surface area contributed by atoms with Crippen molar-refractivity contribution in [3.63, 3.8) is 0 Å². The first-order chi connectivity index (χ1) is 9.00. The van der Waals surface area contributed by atoms with Gasteiger partial charge in [0.15, 0.2) is 0 Å². The van der Waals surface area contributed by atoms with E-state index in [-0.39, 0.29) is 11.3 Å². The van der Waals surface area contributed by atoms with Gasteiger partial charge < -0.3 is 10.6 Å². The van der Waals surface area contributed by atoms with Crippen LogP contribution in [0.5, 0.6) is 0 Å². The van der Waals surface area contributed by atoms with E-state index in [9.17, 15) is 4.79 Å². The number of hydrogen-bond acceptors (Lipinski definition) is 2. The lowest BCUT2D eigenvalue weighted by molar-refractivity contribution is 0.0924. The zero-order chi connectivity index (χ0) is 13.9. The van der Waals surface area contributed by atoms with Crippen molar-refractivity contribution >= 4 is 29.1 Å². The molecule has 0 aromatic heterocycles. The predicted molar refractivity (Wildman–Crippen MR) is 79.0 cm³/mol. The fourth-order valence-electron chi connectivity index (χ4n) is 2.30. The highest BCUT2D eigenvalue weighted by Crippen LogP contribution is 2.25. The lowest BCUT2D eigenvalue weighted by Gasteiger charge is -2.34. The summed E-state index contributed by atoms with van der Waals surface area (Å²) in [6, 6.07) is 4.92. The Morgan fingerprint density at radius 2 is 2.21 bits per heavy atom. The van der Waals surface area contributed by atoms with Gasteiger partial charge in [0.1, 0.15) is 0 Å². The molecule has 1 aromatic carbocycles. The molecule has 0 aliphatic carbocycles. The monoisotopic (exact) mass is 300 g/mol. The van der Waals surface area contributed by atoms with E-state index in [2.05, 4.69) is 17.6 Å². The maximum atomic E-state index is 12.1. The molecule has 0 radical (unpaired) electrons. The minimum absolute atomic E-state index is 0.106. The van der Waals surface area contributed by atoms with Gasteiger partial charge in [0, 0.05) is 18.7 Å². The summed E-state index contributed by atoms with van der Waals surface area (Å²) >= 11 is 11.7. The number of amides is 1. The Balaban J connectivity index is 1.95. The van der Waals surface area contributed by atoms with E-state index in [1.807, 2.05) is 0 Å². The summed E-state index contributed by atoms with van der Waals surface area (Å²) in [6.45, 7) is 4.86. The highest BCUT2D eigenvalue weighted by molar-refractivity contribution is 6.42. The molecule has 1 aromatic rings. The molecule has 0 spiro atoms. The fraction of sp³-hybridized carbons (Fsp3) is 0.500. The molecule has 1 aliphatic heterocycles. The smallest absolute Gasteiger partial charge is 0.251 e. The second-order valence-electron chi connectivity index (χ2n) is 5.40. The van der Waals surface area contributed by atoms with Crippen LogP contribution in [0, 0.1) is 5.41 Å². The number of carbonyl (C=O) groups excluding carboxylic acids is 1. The summed E-state index contributed by atoms with van der Waals surface area (Å²) in [5, 5.41) is 7.20. The van der Waals surface area contributed by atoms with Gasteiger partial charge in [-0.15, -0.1) is 0 Å². The van der Waals surface area contributed by atoms with Crippen LogP contribution in [-0.4, -0.2) is 25.5 Å². The number of halogens is 2. The van der Waals surface area contributed by atoms with Crippen LogP contribution in [0.2, 0.25) is 10.0 Å². The molecule has 3 nitrogen and oxygen atoms in total. The normalized spacial score (nSPS) is 23.1. The third-order valence-electron chi connectivity index (χ3n) is 3.54. The van der Waals surface area contributed by atoms with Crippen molar-refractivity contribution in [2.45, 2.75) is 19.8 Å². The van der Waals surface area contributed by atoms with E-state index >= 15 is 0 Å². The van der Waals surface area contributed by atoms with Crippen molar-refractivity contribution in [1.29, 1.82) is 0 Å². The maximum absolute atomic E-state index is 12.1. The predicted octanol–water partition coefficient (Wildman–Crippen LogP) is 3.11. The molecule has 5 heteroatoms. The quantitative estimate of drug-likeness (QED) is 0.900. The van der Waals surface area contributed by atoms with Gasteiger partial charge in [-0.25, -0.2) is 0 Å². The van der Waals surface area contributed by atoms with E-state index in [4.69, 9.17) is 23.2 Å². The third-order valence-corrected chi connectivity index (χ3v) is 4.28. The Morgan fingerprint density at radius 3 is 2.84 bits per heavy atom. The average molecular weight is 301 g/mol. The Kier molecular flexibility index (Phi) is 4.71. The maximum Gasteiger partial charge on any atom is 0.251 e. The molecular weight excluding hydrogens is 283 g/mol. The van der Waals surface area contributed by atoms with Gasteiger partial charge in [0.05, 0.1) is 10.0 Å². The number of nitrogens with one attached hydrogen (secondary N) is 2. The van der Waals surface area contributed by atoms with Crippen LogP contribution < -0.4 is 10.6 Å². The van der Waals surface area contributed by atoms with Crippen LogP contribution in [0.15, 0.2) is 18.2 Å². The molecule has 1 fully saturated rings. The first kappa shape index (κ1) is 14.6. The summed E-state index contributed by atoms with van der Waals surface area (Å²) in [7, 11) is 0. The van der Waals surface area contributed by atoms with Crippen molar-refractivity contribution in [1.82, 2.24) is 10.6 Å². The van der Waals surface area contributed by atoms with Crippen LogP contribution in [0.3, 0.4) is 0 Å². The van der Waals surface area contributed by atoms with Gasteiger partial charge in [-0.05, 0) is 43.0 Å². The number of piperidine rings is 1. The van der Waals surface area contributed by atoms with Gasteiger partial charge in [-0.1, -0.05) is 30.1 Å². The molecular formula is C14H18Cl2N2O. The first-order valence-electron chi connectivity index (χ1n) is 6.44. The summed E-state index contributed by atoms with van der Waals surface area (Å²) in [5.41, 5.74) is 0.672. The lowest BCUT2D eigenvalue weighted by atomic mass is 9.83. The minimum Gasteiger partial charge on any atom is -0.351 e. The van der Waals surface area contributed by atoms with Gasteiger partial charge in [-0.2, -0.15) is 0 Å². The number of rotatable bonds is 3. The third kappa shape index (κ3) is 3.85. The van der Waals surface area contributed by atoms with Crippen LogP contribution in [0.25, 0.3) is 0 Å². The summed E-state index contributed by atoms with van der Waals surface area (Å²) in [4.78, 5) is 12.1. The zero-order valence-corrected chi connectivity index (χ0v) is 12.4. The molecule has 1 amide bonds. The van der Waals surface area contributed by atoms with Crippen LogP contribution in [0.1, 0.15) is 30.1 Å². The topological polar surface area (TPSA) is 41.1 Å². The molecule has 1 aliphatic rings. The van der Waals surface area contributed by atoms with Crippen molar-refractivity contribution in [3.8, 4) is 0 Å². The summed E-state index contributed by atoms with van der Waals surface area (Å²) < 4.78 is 0. The Morgan fingerprint density at radius 1 is 1.42 bits per heavy atom. The summed E-state index contributed by atoms with van der Waals surface area (Å²) in [6.07, 6.45) is 2.28. The molecule has 104 valence electrons. The zero-order valence-electron chi connectivity index (χ0n) is 10.9. The van der Waals surface area contributed by atoms with Crippen molar-refractivity contribution in [2.75, 3.05) is 19.6 Å². The Labute approximate surface area is 123 Å². The molecule has 2 N–H and O–H groups in total. The van der Waals surface area contributed by atoms with E-state index < -0.39 is 0 Å². The molecule has 0 saturated carbocycles. The minimum atomic E-state index is -0.106. The van der Waals surface area contributed by atoms with Gasteiger partial charge >= 0.3 is 0 Å². The summed E-state index contributed by atoms with van der Waals surface area (Å²) in [5.74, 6) is -0.106. The van der Waals surface area contributed by atoms with E-state index in [0.717, 1.165) is 25.9 Å². The molecule has 1 atom stereocenters. The van der Waals surface area contributed by atoms with Crippen molar-refractivity contribution in [2.24, 2.45) is 5.41 Å². The van der Waals surface area contributed by atoms with Crippen molar-refractivity contribution < 1.29 is 4.79 Å². The SMILES string of the molecule is CC1(CNC(=O)c2ccc(Cl)c(Cl)c2)CCCNC1. The lowest BCUT2D eigenvalue weighted by Crippen LogP contribution is -2.45. The van der Waals surface area contributed by atoms with Gasteiger partial charge in [0.2, 0.25) is 0 Å². The average Bonchev–Trinajstić information content (AvgIpc) is 2.40. The molecule has 2 rings (SSSR count).